The number of Topliss-reactive ketones (excluding diaryl/α,β-unsaturated/α-hetero) is 1. The lowest BCUT2D eigenvalue weighted by molar-refractivity contribution is 0.101. The van der Waals surface area contributed by atoms with Crippen molar-refractivity contribution in [3.8, 4) is 0 Å². The molecule has 1 aromatic carbocycles. The van der Waals surface area contributed by atoms with Gasteiger partial charge in [-0.25, -0.2) is 0 Å². The Morgan fingerprint density at radius 1 is 1.21 bits per heavy atom. The Morgan fingerprint density at radius 2 is 1.95 bits per heavy atom. The van der Waals surface area contributed by atoms with Gasteiger partial charge in [-0.1, -0.05) is 24.3 Å². The molecule has 0 unspecified atom stereocenters. The molecule has 0 N–H and O–H groups in total. The van der Waals surface area contributed by atoms with E-state index in [1.54, 1.807) is 12.3 Å². The van der Waals surface area contributed by atoms with Gasteiger partial charge >= 0.3 is 0 Å². The molecule has 19 heavy (non-hydrogen) atoms. The predicted molar refractivity (Wildman–Crippen MR) is 77.5 cm³/mol. The van der Waals surface area contributed by atoms with Crippen molar-refractivity contribution in [1.29, 1.82) is 0 Å². The first kappa shape index (κ1) is 13.3. The van der Waals surface area contributed by atoms with Crippen LogP contribution in [-0.4, -0.2) is 17.8 Å². The van der Waals surface area contributed by atoms with Gasteiger partial charge in [0.25, 0.3) is 0 Å². The van der Waals surface area contributed by atoms with E-state index >= 15 is 0 Å². The maximum absolute atomic E-state index is 11.2. The third-order valence-corrected chi connectivity index (χ3v) is 3.22. The van der Waals surface area contributed by atoms with Crippen LogP contribution in [0.2, 0.25) is 0 Å². The van der Waals surface area contributed by atoms with Crippen LogP contribution in [-0.2, 0) is 6.54 Å². The number of benzene rings is 1. The minimum Gasteiger partial charge on any atom is -0.369 e. The summed E-state index contributed by atoms with van der Waals surface area (Å²) >= 11 is 0. The molecule has 0 atom stereocenters. The number of hydrogen-bond acceptors (Lipinski definition) is 3. The number of hydrogen-bond donors (Lipinski definition) is 0. The van der Waals surface area contributed by atoms with Crippen molar-refractivity contribution < 1.29 is 4.79 Å². The maximum atomic E-state index is 11.2. The van der Waals surface area contributed by atoms with E-state index in [0.717, 1.165) is 12.2 Å². The Morgan fingerprint density at radius 3 is 2.53 bits per heavy atom. The normalized spacial score (nSPS) is 10.3. The molecule has 0 saturated heterocycles. The largest absolute Gasteiger partial charge is 0.369 e. The summed E-state index contributed by atoms with van der Waals surface area (Å²) in [6.45, 7) is 4.47. The SMILES string of the molecule is CC(=O)c1ccc(N(C)Cc2ccccc2C)cn1. The third-order valence-electron chi connectivity index (χ3n) is 3.22. The molecule has 0 aliphatic carbocycles. The van der Waals surface area contributed by atoms with E-state index in [0.29, 0.717) is 5.69 Å². The minimum atomic E-state index is -0.00638. The molecule has 3 nitrogen and oxygen atoms in total. The second-order valence-corrected chi connectivity index (χ2v) is 4.74. The van der Waals surface area contributed by atoms with Gasteiger partial charge in [0.15, 0.2) is 5.78 Å². The molecule has 0 amide bonds. The van der Waals surface area contributed by atoms with Gasteiger partial charge in [0.2, 0.25) is 0 Å². The monoisotopic (exact) mass is 254 g/mol. The smallest absolute Gasteiger partial charge is 0.178 e. The van der Waals surface area contributed by atoms with Crippen LogP contribution in [0.3, 0.4) is 0 Å². The molecule has 0 aliphatic rings. The lowest BCUT2D eigenvalue weighted by atomic mass is 10.1. The Bertz CT molecular complexity index is 576. The fourth-order valence-corrected chi connectivity index (χ4v) is 1.95. The van der Waals surface area contributed by atoms with Crippen LogP contribution in [0.25, 0.3) is 0 Å². The fourth-order valence-electron chi connectivity index (χ4n) is 1.95. The van der Waals surface area contributed by atoms with Gasteiger partial charge in [-0.2, -0.15) is 0 Å². The van der Waals surface area contributed by atoms with Gasteiger partial charge in [0.05, 0.1) is 11.9 Å². The molecule has 1 aromatic heterocycles. The highest BCUT2D eigenvalue weighted by atomic mass is 16.1. The number of aromatic nitrogens is 1. The average molecular weight is 254 g/mol. The summed E-state index contributed by atoms with van der Waals surface area (Å²) in [6, 6.07) is 12.0. The summed E-state index contributed by atoms with van der Waals surface area (Å²) in [5, 5.41) is 0. The van der Waals surface area contributed by atoms with Gasteiger partial charge in [-0.15, -0.1) is 0 Å². The zero-order chi connectivity index (χ0) is 13.8. The number of ketones is 1. The van der Waals surface area contributed by atoms with Crippen LogP contribution in [0.1, 0.15) is 28.5 Å². The summed E-state index contributed by atoms with van der Waals surface area (Å²) in [5.74, 6) is -0.00638. The van der Waals surface area contributed by atoms with Crippen molar-refractivity contribution in [1.82, 2.24) is 4.98 Å². The lowest BCUT2D eigenvalue weighted by Gasteiger charge is -2.20. The summed E-state index contributed by atoms with van der Waals surface area (Å²) in [7, 11) is 2.02. The number of anilines is 1. The van der Waals surface area contributed by atoms with E-state index in [1.165, 1.54) is 18.1 Å². The molecule has 0 radical (unpaired) electrons. The van der Waals surface area contributed by atoms with Gasteiger partial charge in [0.1, 0.15) is 5.69 Å². The average Bonchev–Trinajstić information content (AvgIpc) is 2.41. The van der Waals surface area contributed by atoms with Crippen LogP contribution in [0.4, 0.5) is 5.69 Å². The summed E-state index contributed by atoms with van der Waals surface area (Å²) in [4.78, 5) is 17.5. The first-order valence-electron chi connectivity index (χ1n) is 6.30. The topological polar surface area (TPSA) is 33.2 Å². The number of nitrogens with zero attached hydrogens (tertiary/aromatic N) is 2. The second-order valence-electron chi connectivity index (χ2n) is 4.74. The summed E-state index contributed by atoms with van der Waals surface area (Å²) in [5.41, 5.74) is 4.09. The van der Waals surface area contributed by atoms with Crippen LogP contribution in [0.15, 0.2) is 42.6 Å². The number of pyridine rings is 1. The number of rotatable bonds is 4. The van der Waals surface area contributed by atoms with Gasteiger partial charge in [-0.3, -0.25) is 9.78 Å². The molecule has 2 rings (SSSR count). The standard InChI is InChI=1S/C16H18N2O/c1-12-6-4-5-7-14(12)11-18(3)15-8-9-16(13(2)19)17-10-15/h4-10H,11H2,1-3H3. The Kier molecular flexibility index (Phi) is 3.95. The van der Waals surface area contributed by atoms with Gasteiger partial charge in [0, 0.05) is 20.5 Å². The predicted octanol–water partition coefficient (Wildman–Crippen LogP) is 3.23. The lowest BCUT2D eigenvalue weighted by Crippen LogP contribution is -2.17. The quantitative estimate of drug-likeness (QED) is 0.785. The molecule has 0 fully saturated rings. The Hall–Kier alpha value is -2.16. The van der Waals surface area contributed by atoms with Crippen molar-refractivity contribution >= 4 is 11.5 Å². The Balaban J connectivity index is 2.14. The maximum Gasteiger partial charge on any atom is 0.178 e. The van der Waals surface area contributed by atoms with Crippen LogP contribution in [0, 0.1) is 6.92 Å². The minimum absolute atomic E-state index is 0.00638. The molecule has 0 saturated carbocycles. The summed E-state index contributed by atoms with van der Waals surface area (Å²) in [6.07, 6.45) is 1.75. The van der Waals surface area contributed by atoms with Crippen molar-refractivity contribution in [2.75, 3.05) is 11.9 Å². The molecular weight excluding hydrogens is 236 g/mol. The molecular formula is C16H18N2O. The highest BCUT2D eigenvalue weighted by Crippen LogP contribution is 2.16. The van der Waals surface area contributed by atoms with Crippen molar-refractivity contribution in [3.63, 3.8) is 0 Å². The molecule has 98 valence electrons. The van der Waals surface area contributed by atoms with Crippen LogP contribution in [0.5, 0.6) is 0 Å². The zero-order valence-electron chi connectivity index (χ0n) is 11.6. The first-order chi connectivity index (χ1) is 9.08. The summed E-state index contributed by atoms with van der Waals surface area (Å²) < 4.78 is 0. The molecule has 0 bridgehead atoms. The number of carbonyl (C=O) groups is 1. The zero-order valence-corrected chi connectivity index (χ0v) is 11.6. The Labute approximate surface area is 113 Å². The molecule has 0 aliphatic heterocycles. The van der Waals surface area contributed by atoms with E-state index in [2.05, 4.69) is 28.9 Å². The van der Waals surface area contributed by atoms with Gasteiger partial charge < -0.3 is 4.90 Å². The number of aryl methyl sites for hydroxylation is 1. The fraction of sp³-hybridized carbons (Fsp3) is 0.250. The van der Waals surface area contributed by atoms with E-state index in [-0.39, 0.29) is 5.78 Å². The van der Waals surface area contributed by atoms with Crippen LogP contribution >= 0.6 is 0 Å². The van der Waals surface area contributed by atoms with Crippen molar-refractivity contribution in [3.05, 3.63) is 59.4 Å². The second kappa shape index (κ2) is 5.65. The molecule has 0 spiro atoms. The third kappa shape index (κ3) is 3.19. The van der Waals surface area contributed by atoms with Crippen molar-refractivity contribution in [2.45, 2.75) is 20.4 Å². The molecule has 2 aromatic rings. The van der Waals surface area contributed by atoms with Crippen molar-refractivity contribution in [2.24, 2.45) is 0 Å². The first-order valence-corrected chi connectivity index (χ1v) is 6.30. The van der Waals surface area contributed by atoms with E-state index in [1.807, 2.05) is 25.2 Å². The highest BCUT2D eigenvalue weighted by Gasteiger charge is 2.06. The highest BCUT2D eigenvalue weighted by molar-refractivity contribution is 5.92. The van der Waals surface area contributed by atoms with Crippen LogP contribution < -0.4 is 4.90 Å². The van der Waals surface area contributed by atoms with E-state index in [9.17, 15) is 4.79 Å². The van der Waals surface area contributed by atoms with E-state index in [4.69, 9.17) is 0 Å². The van der Waals surface area contributed by atoms with Gasteiger partial charge in [-0.05, 0) is 30.2 Å². The molecule has 3 heteroatoms. The number of carbonyl (C=O) groups excluding carboxylic acids is 1. The van der Waals surface area contributed by atoms with E-state index < -0.39 is 0 Å². The molecule has 1 heterocycles.